The van der Waals surface area contributed by atoms with Crippen molar-refractivity contribution < 1.29 is 19.4 Å². The van der Waals surface area contributed by atoms with Crippen LogP contribution in [0.2, 0.25) is 0 Å². The van der Waals surface area contributed by atoms with Crippen molar-refractivity contribution in [1.82, 2.24) is 4.90 Å². The number of ether oxygens (including phenoxy) is 1. The van der Waals surface area contributed by atoms with Crippen LogP contribution in [-0.2, 0) is 4.74 Å². The molecule has 0 aromatic heterocycles. The summed E-state index contributed by atoms with van der Waals surface area (Å²) in [7, 11) is 0. The number of hydrogen-bond donors (Lipinski definition) is 1. The standard InChI is InChI=1S/C14H14BrNO4/c15-9-1-2-10-11(7-9)13(19)16(12(10)18)14(8-17)3-5-20-6-4-14/h1-2,7,17H,3-6,8H2. The maximum atomic E-state index is 12.6. The van der Waals surface area contributed by atoms with Crippen LogP contribution in [0.15, 0.2) is 22.7 Å². The molecule has 0 saturated carbocycles. The van der Waals surface area contributed by atoms with Gasteiger partial charge in [-0.05, 0) is 31.0 Å². The van der Waals surface area contributed by atoms with Crippen molar-refractivity contribution in [1.29, 1.82) is 0 Å². The second kappa shape index (κ2) is 4.95. The third kappa shape index (κ3) is 1.90. The normalized spacial score (nSPS) is 21.2. The number of carbonyl (C=O) groups is 2. The highest BCUT2D eigenvalue weighted by Crippen LogP contribution is 2.36. The molecule has 106 valence electrons. The Morgan fingerprint density at radius 2 is 1.85 bits per heavy atom. The molecule has 5 nitrogen and oxygen atoms in total. The first-order valence-corrected chi connectivity index (χ1v) is 7.25. The van der Waals surface area contributed by atoms with Crippen molar-refractivity contribution in [3.8, 4) is 0 Å². The quantitative estimate of drug-likeness (QED) is 0.831. The average molecular weight is 340 g/mol. The highest BCUT2D eigenvalue weighted by molar-refractivity contribution is 9.10. The first kappa shape index (κ1) is 13.7. The van der Waals surface area contributed by atoms with Gasteiger partial charge < -0.3 is 9.84 Å². The molecule has 1 aromatic rings. The van der Waals surface area contributed by atoms with Crippen LogP contribution in [-0.4, -0.2) is 47.2 Å². The molecule has 2 amide bonds. The summed E-state index contributed by atoms with van der Waals surface area (Å²) in [6.45, 7) is 0.651. The first-order chi connectivity index (χ1) is 9.59. The fourth-order valence-electron chi connectivity index (χ4n) is 2.85. The van der Waals surface area contributed by atoms with Crippen LogP contribution in [0.4, 0.5) is 0 Å². The van der Waals surface area contributed by atoms with Gasteiger partial charge in [0.1, 0.15) is 0 Å². The number of amides is 2. The number of aliphatic hydroxyl groups is 1. The molecule has 0 atom stereocenters. The van der Waals surface area contributed by atoms with Gasteiger partial charge in [0.05, 0.1) is 23.3 Å². The predicted octanol–water partition coefficient (Wildman–Crippen LogP) is 1.59. The lowest BCUT2D eigenvalue weighted by Gasteiger charge is -2.41. The molecule has 2 aliphatic heterocycles. The van der Waals surface area contributed by atoms with Gasteiger partial charge >= 0.3 is 0 Å². The lowest BCUT2D eigenvalue weighted by Crippen LogP contribution is -2.57. The SMILES string of the molecule is O=C1c2ccc(Br)cc2C(=O)N1C1(CO)CCOCC1. The topological polar surface area (TPSA) is 66.8 Å². The molecule has 1 fully saturated rings. The van der Waals surface area contributed by atoms with Crippen LogP contribution in [0.3, 0.4) is 0 Å². The molecule has 0 spiro atoms. The zero-order chi connectivity index (χ0) is 14.3. The van der Waals surface area contributed by atoms with Gasteiger partial charge in [-0.2, -0.15) is 0 Å². The van der Waals surface area contributed by atoms with Gasteiger partial charge in [-0.3, -0.25) is 14.5 Å². The minimum Gasteiger partial charge on any atom is -0.394 e. The molecule has 0 aliphatic carbocycles. The molecule has 2 aliphatic rings. The molecule has 6 heteroatoms. The minimum absolute atomic E-state index is 0.233. The van der Waals surface area contributed by atoms with Gasteiger partial charge in [-0.15, -0.1) is 0 Å². The summed E-state index contributed by atoms with van der Waals surface area (Å²) in [5, 5.41) is 9.76. The fourth-order valence-corrected chi connectivity index (χ4v) is 3.21. The Labute approximate surface area is 124 Å². The third-order valence-electron chi connectivity index (χ3n) is 4.04. The van der Waals surface area contributed by atoms with E-state index in [1.807, 2.05) is 0 Å². The van der Waals surface area contributed by atoms with Crippen LogP contribution in [0.25, 0.3) is 0 Å². The highest BCUT2D eigenvalue weighted by atomic mass is 79.9. The summed E-state index contributed by atoms with van der Waals surface area (Å²) >= 11 is 3.31. The lowest BCUT2D eigenvalue weighted by molar-refractivity contribution is -0.0337. The van der Waals surface area contributed by atoms with E-state index >= 15 is 0 Å². The molecule has 0 radical (unpaired) electrons. The second-order valence-corrected chi connectivity index (χ2v) is 6.05. The van der Waals surface area contributed by atoms with E-state index in [-0.39, 0.29) is 18.4 Å². The van der Waals surface area contributed by atoms with Crippen LogP contribution in [0.5, 0.6) is 0 Å². The van der Waals surface area contributed by atoms with Crippen LogP contribution in [0.1, 0.15) is 33.6 Å². The molecule has 1 saturated heterocycles. The van der Waals surface area contributed by atoms with Crippen molar-refractivity contribution in [2.75, 3.05) is 19.8 Å². The smallest absolute Gasteiger partial charge is 0.262 e. The monoisotopic (exact) mass is 339 g/mol. The van der Waals surface area contributed by atoms with Crippen molar-refractivity contribution >= 4 is 27.7 Å². The summed E-state index contributed by atoms with van der Waals surface area (Å²) in [6.07, 6.45) is 0.937. The van der Waals surface area contributed by atoms with Gasteiger partial charge in [0.25, 0.3) is 11.8 Å². The number of aliphatic hydroxyl groups excluding tert-OH is 1. The number of carbonyl (C=O) groups excluding carboxylic acids is 2. The summed E-state index contributed by atoms with van der Waals surface area (Å²) < 4.78 is 6.04. The molecule has 3 rings (SSSR count). The van der Waals surface area contributed by atoms with E-state index < -0.39 is 5.54 Å². The number of fused-ring (bicyclic) bond motifs is 1. The van der Waals surface area contributed by atoms with E-state index in [9.17, 15) is 14.7 Å². The number of rotatable bonds is 2. The van der Waals surface area contributed by atoms with Gasteiger partial charge in [-0.1, -0.05) is 15.9 Å². The summed E-state index contributed by atoms with van der Waals surface area (Å²) in [6, 6.07) is 5.03. The lowest BCUT2D eigenvalue weighted by atomic mass is 9.89. The first-order valence-electron chi connectivity index (χ1n) is 6.46. The van der Waals surface area contributed by atoms with E-state index in [0.717, 1.165) is 4.47 Å². The van der Waals surface area contributed by atoms with Crippen LogP contribution >= 0.6 is 15.9 Å². The average Bonchev–Trinajstić information content (AvgIpc) is 2.71. The molecular formula is C14H14BrNO4. The molecule has 0 unspecified atom stereocenters. The van der Waals surface area contributed by atoms with E-state index in [1.165, 1.54) is 4.90 Å². The molecule has 1 N–H and O–H groups in total. The fraction of sp³-hybridized carbons (Fsp3) is 0.429. The number of halogens is 1. The van der Waals surface area contributed by atoms with Crippen molar-refractivity contribution in [3.05, 3.63) is 33.8 Å². The van der Waals surface area contributed by atoms with Gasteiger partial charge in [0.2, 0.25) is 0 Å². The molecule has 1 aromatic carbocycles. The Kier molecular flexibility index (Phi) is 3.40. The molecule has 20 heavy (non-hydrogen) atoms. The number of benzene rings is 1. The van der Waals surface area contributed by atoms with Crippen LogP contribution < -0.4 is 0 Å². The largest absolute Gasteiger partial charge is 0.394 e. The molecule has 2 heterocycles. The Hall–Kier alpha value is -1.24. The number of imide groups is 1. The van der Waals surface area contributed by atoms with Crippen molar-refractivity contribution in [2.24, 2.45) is 0 Å². The summed E-state index contributed by atoms with van der Waals surface area (Å²) in [5.74, 6) is -0.657. The van der Waals surface area contributed by atoms with Crippen molar-refractivity contribution in [3.63, 3.8) is 0 Å². The predicted molar refractivity (Wildman–Crippen MR) is 74.5 cm³/mol. The molecular weight excluding hydrogens is 326 g/mol. The van der Waals surface area contributed by atoms with E-state index in [0.29, 0.717) is 37.2 Å². The van der Waals surface area contributed by atoms with E-state index in [2.05, 4.69) is 15.9 Å². The van der Waals surface area contributed by atoms with Crippen LogP contribution in [0, 0.1) is 0 Å². The zero-order valence-electron chi connectivity index (χ0n) is 10.8. The zero-order valence-corrected chi connectivity index (χ0v) is 12.4. The van der Waals surface area contributed by atoms with Crippen molar-refractivity contribution in [2.45, 2.75) is 18.4 Å². The Balaban J connectivity index is 2.04. The maximum Gasteiger partial charge on any atom is 0.262 e. The Bertz CT molecular complexity index is 581. The van der Waals surface area contributed by atoms with E-state index in [4.69, 9.17) is 4.74 Å². The minimum atomic E-state index is -0.835. The number of nitrogens with zero attached hydrogens (tertiary/aromatic N) is 1. The number of hydrogen-bond acceptors (Lipinski definition) is 4. The van der Waals surface area contributed by atoms with Gasteiger partial charge in [0.15, 0.2) is 0 Å². The maximum absolute atomic E-state index is 12.6. The highest BCUT2D eigenvalue weighted by Gasteiger charge is 2.49. The molecule has 0 bridgehead atoms. The summed E-state index contributed by atoms with van der Waals surface area (Å²) in [4.78, 5) is 26.3. The third-order valence-corrected chi connectivity index (χ3v) is 4.53. The van der Waals surface area contributed by atoms with E-state index in [1.54, 1.807) is 18.2 Å². The van der Waals surface area contributed by atoms with Gasteiger partial charge in [0, 0.05) is 17.7 Å². The Morgan fingerprint density at radius 3 is 2.50 bits per heavy atom. The summed E-state index contributed by atoms with van der Waals surface area (Å²) in [5.41, 5.74) is -0.0426. The van der Waals surface area contributed by atoms with Gasteiger partial charge in [-0.25, -0.2) is 0 Å². The second-order valence-electron chi connectivity index (χ2n) is 5.13. The Morgan fingerprint density at radius 1 is 1.20 bits per heavy atom.